The number of rotatable bonds is 1. The summed E-state index contributed by atoms with van der Waals surface area (Å²) in [6.45, 7) is 2.19. The molecular formula is C8H13F3N4. The molecule has 0 aliphatic carbocycles. The fourth-order valence-electron chi connectivity index (χ4n) is 1.54. The predicted molar refractivity (Wildman–Crippen MR) is 50.3 cm³/mol. The fourth-order valence-corrected chi connectivity index (χ4v) is 1.54. The number of piperazine rings is 1. The van der Waals surface area contributed by atoms with Gasteiger partial charge in [0.1, 0.15) is 5.84 Å². The van der Waals surface area contributed by atoms with Crippen molar-refractivity contribution in [1.29, 1.82) is 10.8 Å². The number of nitrogens with one attached hydrogen (secondary N) is 3. The van der Waals surface area contributed by atoms with Gasteiger partial charge in [0.05, 0.1) is 6.54 Å². The number of amidine groups is 2. The van der Waals surface area contributed by atoms with Gasteiger partial charge < -0.3 is 10.2 Å². The Morgan fingerprint density at radius 2 is 2.20 bits per heavy atom. The lowest BCUT2D eigenvalue weighted by atomic mass is 10.1. The predicted octanol–water partition coefficient (Wildman–Crippen LogP) is 1.19. The third-order valence-electron chi connectivity index (χ3n) is 2.31. The number of hydrogen-bond acceptors (Lipinski definition) is 3. The molecule has 0 saturated carbocycles. The van der Waals surface area contributed by atoms with E-state index in [4.69, 9.17) is 10.8 Å². The van der Waals surface area contributed by atoms with Gasteiger partial charge in [-0.15, -0.1) is 0 Å². The van der Waals surface area contributed by atoms with Crippen LogP contribution in [0.3, 0.4) is 0 Å². The van der Waals surface area contributed by atoms with Crippen LogP contribution >= 0.6 is 0 Å². The van der Waals surface area contributed by atoms with E-state index in [0.717, 1.165) is 4.90 Å². The largest absolute Gasteiger partial charge is 0.449 e. The summed E-state index contributed by atoms with van der Waals surface area (Å²) in [6.07, 6.45) is -4.22. The molecule has 86 valence electrons. The van der Waals surface area contributed by atoms with Gasteiger partial charge in [-0.05, 0) is 6.42 Å². The van der Waals surface area contributed by atoms with Crippen LogP contribution in [0.4, 0.5) is 13.2 Å². The van der Waals surface area contributed by atoms with E-state index in [1.807, 2.05) is 0 Å². The van der Waals surface area contributed by atoms with E-state index in [1.165, 1.54) is 0 Å². The minimum Gasteiger partial charge on any atom is -0.308 e. The Morgan fingerprint density at radius 1 is 1.60 bits per heavy atom. The summed E-state index contributed by atoms with van der Waals surface area (Å²) in [7, 11) is 0. The lowest BCUT2D eigenvalue weighted by Crippen LogP contribution is -2.59. The van der Waals surface area contributed by atoms with Gasteiger partial charge in [-0.1, -0.05) is 6.92 Å². The molecule has 1 atom stereocenters. The molecule has 0 amide bonds. The summed E-state index contributed by atoms with van der Waals surface area (Å²) >= 11 is 0. The second-order valence-electron chi connectivity index (χ2n) is 3.36. The van der Waals surface area contributed by atoms with Gasteiger partial charge in [-0.25, -0.2) is 0 Å². The molecular weight excluding hydrogens is 209 g/mol. The van der Waals surface area contributed by atoms with Gasteiger partial charge in [0.25, 0.3) is 0 Å². The first kappa shape index (κ1) is 12.0. The molecule has 3 N–H and O–H groups in total. The first-order chi connectivity index (χ1) is 6.88. The number of hydrogen-bond donors (Lipinski definition) is 3. The van der Waals surface area contributed by atoms with Gasteiger partial charge in [0.2, 0.25) is 5.84 Å². The number of halogens is 3. The number of alkyl halides is 3. The molecule has 1 heterocycles. The van der Waals surface area contributed by atoms with Crippen LogP contribution in [-0.4, -0.2) is 41.9 Å². The molecule has 0 aromatic carbocycles. The molecule has 7 heteroatoms. The van der Waals surface area contributed by atoms with E-state index in [9.17, 15) is 13.2 Å². The first-order valence-corrected chi connectivity index (χ1v) is 4.61. The minimum absolute atomic E-state index is 0.0783. The van der Waals surface area contributed by atoms with Crippen molar-refractivity contribution in [3.05, 3.63) is 0 Å². The molecule has 15 heavy (non-hydrogen) atoms. The Kier molecular flexibility index (Phi) is 3.33. The van der Waals surface area contributed by atoms with E-state index in [2.05, 4.69) is 5.32 Å². The summed E-state index contributed by atoms with van der Waals surface area (Å²) in [6, 6.07) is -0.458. The highest BCUT2D eigenvalue weighted by Crippen LogP contribution is 2.22. The maximum Gasteiger partial charge on any atom is 0.449 e. The van der Waals surface area contributed by atoms with Gasteiger partial charge in [-0.2, -0.15) is 13.2 Å². The average molecular weight is 222 g/mol. The third-order valence-corrected chi connectivity index (χ3v) is 2.31. The summed E-state index contributed by atoms with van der Waals surface area (Å²) in [5.74, 6) is -1.64. The fraction of sp³-hybridized carbons (Fsp3) is 0.750. The summed E-state index contributed by atoms with van der Waals surface area (Å²) in [5, 5.41) is 17.3. The Labute approximate surface area is 85.5 Å². The second-order valence-corrected chi connectivity index (χ2v) is 3.36. The van der Waals surface area contributed by atoms with Gasteiger partial charge in [0, 0.05) is 12.6 Å². The minimum atomic E-state index is -4.68. The smallest absolute Gasteiger partial charge is 0.308 e. The molecule has 1 fully saturated rings. The van der Waals surface area contributed by atoms with Gasteiger partial charge in [0.15, 0.2) is 0 Å². The van der Waals surface area contributed by atoms with Crippen molar-refractivity contribution in [2.45, 2.75) is 25.6 Å². The highest BCUT2D eigenvalue weighted by molar-refractivity contribution is 6.02. The van der Waals surface area contributed by atoms with Crippen LogP contribution < -0.4 is 5.32 Å². The highest BCUT2D eigenvalue weighted by Gasteiger charge is 2.42. The standard InChI is InChI=1S/C8H13F3N4/c1-2-5-3-14-4-6(12)15(5)7(13)8(9,10)11/h5,12-14H,2-4H2,1H3. The SMILES string of the molecule is CCC1CNCC(=N)N1C(=N)C(F)(F)F. The molecule has 0 spiro atoms. The molecule has 1 aliphatic heterocycles. The molecule has 0 aromatic rings. The molecule has 0 radical (unpaired) electrons. The van der Waals surface area contributed by atoms with Crippen LogP contribution in [0.25, 0.3) is 0 Å². The molecule has 0 aromatic heterocycles. The van der Waals surface area contributed by atoms with Gasteiger partial charge >= 0.3 is 6.18 Å². The van der Waals surface area contributed by atoms with Crippen LogP contribution in [-0.2, 0) is 0 Å². The quantitative estimate of drug-likeness (QED) is 0.461. The zero-order chi connectivity index (χ0) is 11.6. The van der Waals surface area contributed by atoms with E-state index < -0.39 is 18.1 Å². The monoisotopic (exact) mass is 222 g/mol. The normalized spacial score (nSPS) is 23.1. The maximum atomic E-state index is 12.3. The summed E-state index contributed by atoms with van der Waals surface area (Å²) in [5.41, 5.74) is 0. The van der Waals surface area contributed by atoms with E-state index in [1.54, 1.807) is 6.92 Å². The highest BCUT2D eigenvalue weighted by atomic mass is 19.4. The Morgan fingerprint density at radius 3 is 2.67 bits per heavy atom. The third kappa shape index (κ3) is 2.47. The molecule has 0 bridgehead atoms. The zero-order valence-electron chi connectivity index (χ0n) is 8.28. The Balaban J connectivity index is 2.88. The summed E-state index contributed by atoms with van der Waals surface area (Å²) in [4.78, 5) is 0.760. The topological polar surface area (TPSA) is 63.0 Å². The molecule has 1 aliphatic rings. The van der Waals surface area contributed by atoms with Crippen LogP contribution in [0.5, 0.6) is 0 Å². The van der Waals surface area contributed by atoms with Crippen LogP contribution in [0.2, 0.25) is 0 Å². The average Bonchev–Trinajstić information content (AvgIpc) is 2.15. The van der Waals surface area contributed by atoms with E-state index in [0.29, 0.717) is 13.0 Å². The molecule has 4 nitrogen and oxygen atoms in total. The molecule has 1 unspecified atom stereocenters. The van der Waals surface area contributed by atoms with E-state index in [-0.39, 0.29) is 12.4 Å². The number of nitrogens with zero attached hydrogens (tertiary/aromatic N) is 1. The molecule has 1 rings (SSSR count). The van der Waals surface area contributed by atoms with Crippen molar-refractivity contribution in [3.8, 4) is 0 Å². The first-order valence-electron chi connectivity index (χ1n) is 4.61. The van der Waals surface area contributed by atoms with Crippen molar-refractivity contribution in [2.24, 2.45) is 0 Å². The van der Waals surface area contributed by atoms with Crippen molar-refractivity contribution < 1.29 is 13.2 Å². The lowest BCUT2D eigenvalue weighted by molar-refractivity contribution is -0.0687. The Bertz CT molecular complexity index is 274. The van der Waals surface area contributed by atoms with Crippen LogP contribution in [0.15, 0.2) is 0 Å². The van der Waals surface area contributed by atoms with Gasteiger partial charge in [-0.3, -0.25) is 10.8 Å². The van der Waals surface area contributed by atoms with Crippen LogP contribution in [0.1, 0.15) is 13.3 Å². The maximum absolute atomic E-state index is 12.3. The second kappa shape index (κ2) is 4.18. The van der Waals surface area contributed by atoms with Crippen molar-refractivity contribution in [2.75, 3.05) is 13.1 Å². The van der Waals surface area contributed by atoms with Crippen molar-refractivity contribution in [3.63, 3.8) is 0 Å². The summed E-state index contributed by atoms with van der Waals surface area (Å²) < 4.78 is 37.0. The zero-order valence-corrected chi connectivity index (χ0v) is 8.28. The Hall–Kier alpha value is -1.11. The van der Waals surface area contributed by atoms with E-state index >= 15 is 0 Å². The lowest BCUT2D eigenvalue weighted by Gasteiger charge is -2.37. The van der Waals surface area contributed by atoms with Crippen LogP contribution in [0, 0.1) is 10.8 Å². The van der Waals surface area contributed by atoms with Crippen molar-refractivity contribution in [1.82, 2.24) is 10.2 Å². The van der Waals surface area contributed by atoms with Crippen molar-refractivity contribution >= 4 is 11.7 Å². The molecule has 1 saturated heterocycles.